The molecular weight excluding hydrogens is 416 g/mol. The Hall–Kier alpha value is -1.76. The molecule has 33 heavy (non-hydrogen) atoms. The van der Waals surface area contributed by atoms with Gasteiger partial charge in [-0.05, 0) is 115 Å². The average molecular weight is 459 g/mol. The highest BCUT2D eigenvalue weighted by Gasteiger charge is 2.45. The van der Waals surface area contributed by atoms with E-state index < -0.39 is 28.0 Å². The van der Waals surface area contributed by atoms with Crippen LogP contribution in [0.5, 0.6) is 0 Å². The minimum atomic E-state index is -1.49. The SMILES string of the molecule is CC(C)(O)c1c(Cc2ccccc2)c(C(C)(C)O)c(C(C)(C)O)c(C(C)(C)O)c1C(C)(C)O. The van der Waals surface area contributed by atoms with Crippen LogP contribution in [-0.2, 0) is 34.4 Å². The van der Waals surface area contributed by atoms with Crippen LogP contribution < -0.4 is 0 Å². The van der Waals surface area contributed by atoms with E-state index >= 15 is 0 Å². The smallest absolute Gasteiger partial charge is 0.0848 e. The molecule has 0 saturated carbocycles. The molecule has 0 aliphatic heterocycles. The molecule has 5 N–H and O–H groups in total. The topological polar surface area (TPSA) is 101 Å². The van der Waals surface area contributed by atoms with E-state index in [0.29, 0.717) is 39.8 Å². The zero-order valence-electron chi connectivity index (χ0n) is 21.8. The second kappa shape index (κ2) is 8.47. The molecule has 0 aliphatic carbocycles. The molecule has 0 atom stereocenters. The summed E-state index contributed by atoms with van der Waals surface area (Å²) in [5, 5.41) is 57.0. The number of aliphatic hydroxyl groups is 5. The summed E-state index contributed by atoms with van der Waals surface area (Å²) in [5.74, 6) is 0. The lowest BCUT2D eigenvalue weighted by molar-refractivity contribution is 0.0213. The van der Waals surface area contributed by atoms with Crippen LogP contribution in [0.1, 0.15) is 108 Å². The van der Waals surface area contributed by atoms with Gasteiger partial charge in [0.15, 0.2) is 0 Å². The van der Waals surface area contributed by atoms with Gasteiger partial charge >= 0.3 is 0 Å². The summed E-state index contributed by atoms with van der Waals surface area (Å²) < 4.78 is 0. The lowest BCUT2D eigenvalue weighted by Gasteiger charge is -2.43. The normalized spacial score (nSPS) is 14.0. The Labute approximate surface area is 198 Å². The molecule has 0 amide bonds. The van der Waals surface area contributed by atoms with Gasteiger partial charge in [0.05, 0.1) is 28.0 Å². The van der Waals surface area contributed by atoms with Gasteiger partial charge in [-0.25, -0.2) is 0 Å². The van der Waals surface area contributed by atoms with Gasteiger partial charge in [-0.2, -0.15) is 0 Å². The number of benzene rings is 2. The summed E-state index contributed by atoms with van der Waals surface area (Å²) in [7, 11) is 0. The van der Waals surface area contributed by atoms with Crippen LogP contribution in [0.15, 0.2) is 30.3 Å². The minimum Gasteiger partial charge on any atom is -0.386 e. The summed E-state index contributed by atoms with van der Waals surface area (Å²) in [6.07, 6.45) is 0.359. The Bertz CT molecular complexity index is 934. The fraction of sp³-hybridized carbons (Fsp3) is 0.571. The van der Waals surface area contributed by atoms with Crippen LogP contribution >= 0.6 is 0 Å². The molecule has 5 nitrogen and oxygen atoms in total. The molecule has 0 bridgehead atoms. The molecule has 0 aliphatic rings. The van der Waals surface area contributed by atoms with Crippen LogP contribution in [0, 0.1) is 0 Å². The Morgan fingerprint density at radius 1 is 0.455 bits per heavy atom. The van der Waals surface area contributed by atoms with E-state index in [0.717, 1.165) is 5.56 Å². The molecule has 0 saturated heterocycles. The molecule has 0 unspecified atom stereocenters. The molecule has 0 spiro atoms. The predicted molar refractivity (Wildman–Crippen MR) is 132 cm³/mol. The molecule has 2 rings (SSSR count). The van der Waals surface area contributed by atoms with Crippen LogP contribution in [0.25, 0.3) is 0 Å². The zero-order chi connectivity index (χ0) is 25.8. The van der Waals surface area contributed by atoms with Crippen LogP contribution in [-0.4, -0.2) is 25.5 Å². The van der Waals surface area contributed by atoms with Gasteiger partial charge in [0, 0.05) is 0 Å². The standard InChI is InChI=1S/C28H42O5/c1-24(2,29)19-18(16-17-14-12-11-13-15-17)20(25(3,4)30)22(27(7,8)32)23(28(9,10)33)21(19)26(5,6)31/h11-15,29-33H,16H2,1-10H3. The van der Waals surface area contributed by atoms with Gasteiger partial charge in [0.1, 0.15) is 0 Å². The van der Waals surface area contributed by atoms with E-state index in [9.17, 15) is 25.5 Å². The van der Waals surface area contributed by atoms with Crippen molar-refractivity contribution < 1.29 is 25.5 Å². The van der Waals surface area contributed by atoms with Gasteiger partial charge in [-0.1, -0.05) is 30.3 Å². The van der Waals surface area contributed by atoms with Gasteiger partial charge < -0.3 is 25.5 Å². The quantitative estimate of drug-likeness (QED) is 0.423. The monoisotopic (exact) mass is 458 g/mol. The first kappa shape index (κ1) is 27.5. The van der Waals surface area contributed by atoms with E-state index in [-0.39, 0.29) is 0 Å². The van der Waals surface area contributed by atoms with Crippen molar-refractivity contribution in [3.8, 4) is 0 Å². The van der Waals surface area contributed by atoms with E-state index in [1.54, 1.807) is 69.2 Å². The highest BCUT2D eigenvalue weighted by molar-refractivity contribution is 5.61. The van der Waals surface area contributed by atoms with Gasteiger partial charge in [0.2, 0.25) is 0 Å². The zero-order valence-corrected chi connectivity index (χ0v) is 21.8. The van der Waals surface area contributed by atoms with Gasteiger partial charge in [-0.3, -0.25) is 0 Å². The van der Waals surface area contributed by atoms with Crippen molar-refractivity contribution in [2.45, 2.75) is 104 Å². The number of hydrogen-bond donors (Lipinski definition) is 5. The summed E-state index contributed by atoms with van der Waals surface area (Å²) >= 11 is 0. The van der Waals surface area contributed by atoms with E-state index in [2.05, 4.69) is 0 Å². The first-order valence-corrected chi connectivity index (χ1v) is 11.5. The van der Waals surface area contributed by atoms with Crippen LogP contribution in [0.4, 0.5) is 0 Å². The fourth-order valence-electron chi connectivity index (χ4n) is 4.96. The maximum Gasteiger partial charge on any atom is 0.0848 e. The van der Waals surface area contributed by atoms with Crippen molar-refractivity contribution in [3.05, 3.63) is 69.3 Å². The fourth-order valence-corrected chi connectivity index (χ4v) is 4.96. The van der Waals surface area contributed by atoms with Crippen molar-refractivity contribution >= 4 is 0 Å². The van der Waals surface area contributed by atoms with Crippen LogP contribution in [0.3, 0.4) is 0 Å². The molecular formula is C28H42O5. The molecule has 0 radical (unpaired) electrons. The lowest BCUT2D eigenvalue weighted by atomic mass is 9.66. The van der Waals surface area contributed by atoms with Gasteiger partial charge in [-0.15, -0.1) is 0 Å². The first-order valence-electron chi connectivity index (χ1n) is 11.5. The van der Waals surface area contributed by atoms with Crippen LogP contribution in [0.2, 0.25) is 0 Å². The molecule has 0 aromatic heterocycles. The first-order chi connectivity index (χ1) is 14.6. The van der Waals surface area contributed by atoms with Crippen molar-refractivity contribution in [2.75, 3.05) is 0 Å². The molecule has 2 aromatic rings. The van der Waals surface area contributed by atoms with Gasteiger partial charge in [0.25, 0.3) is 0 Å². The third kappa shape index (κ3) is 5.84. The van der Waals surface area contributed by atoms with Crippen molar-refractivity contribution in [2.24, 2.45) is 0 Å². The Morgan fingerprint density at radius 3 is 1.00 bits per heavy atom. The second-order valence-electron chi connectivity index (χ2n) is 11.8. The Balaban J connectivity index is 3.37. The predicted octanol–water partition coefficient (Wildman–Crippen LogP) is 4.41. The maximum atomic E-state index is 11.4. The molecule has 5 heteroatoms. The number of rotatable bonds is 7. The lowest BCUT2D eigenvalue weighted by Crippen LogP contribution is -2.40. The number of hydrogen-bond acceptors (Lipinski definition) is 5. The van der Waals surface area contributed by atoms with Crippen molar-refractivity contribution in [1.29, 1.82) is 0 Å². The highest BCUT2D eigenvalue weighted by atomic mass is 16.3. The van der Waals surface area contributed by atoms with Crippen molar-refractivity contribution in [1.82, 2.24) is 0 Å². The Kier molecular flexibility index (Phi) is 7.06. The maximum absolute atomic E-state index is 11.4. The molecule has 0 fully saturated rings. The largest absolute Gasteiger partial charge is 0.386 e. The summed E-state index contributed by atoms with van der Waals surface area (Å²) in [6, 6.07) is 9.67. The summed E-state index contributed by atoms with van der Waals surface area (Å²) in [5.41, 5.74) is -3.75. The second-order valence-corrected chi connectivity index (χ2v) is 11.8. The Morgan fingerprint density at radius 2 is 0.727 bits per heavy atom. The van der Waals surface area contributed by atoms with E-state index in [1.165, 1.54) is 0 Å². The highest BCUT2D eigenvalue weighted by Crippen LogP contribution is 2.50. The molecule has 2 aromatic carbocycles. The summed E-state index contributed by atoms with van der Waals surface area (Å²) in [4.78, 5) is 0. The van der Waals surface area contributed by atoms with Crippen molar-refractivity contribution in [3.63, 3.8) is 0 Å². The molecule has 184 valence electrons. The van der Waals surface area contributed by atoms with E-state index in [1.807, 2.05) is 30.3 Å². The average Bonchev–Trinajstić information content (AvgIpc) is 2.56. The third-order valence-electron chi connectivity index (χ3n) is 5.89. The molecule has 0 heterocycles. The third-order valence-corrected chi connectivity index (χ3v) is 5.89. The van der Waals surface area contributed by atoms with E-state index in [4.69, 9.17) is 0 Å². The minimum absolute atomic E-state index is 0.313. The summed E-state index contributed by atoms with van der Waals surface area (Å²) in [6.45, 7) is 16.2.